The van der Waals surface area contributed by atoms with Gasteiger partial charge in [0.15, 0.2) is 0 Å². The highest BCUT2D eigenvalue weighted by Gasteiger charge is 2.64. The zero-order valence-electron chi connectivity index (χ0n) is 11.6. The Morgan fingerprint density at radius 2 is 1.75 bits per heavy atom. The van der Waals surface area contributed by atoms with Crippen molar-refractivity contribution in [1.82, 2.24) is 0 Å². The van der Waals surface area contributed by atoms with Crippen molar-refractivity contribution in [2.75, 3.05) is 0 Å². The molecule has 0 heterocycles. The van der Waals surface area contributed by atoms with Crippen molar-refractivity contribution in [3.8, 4) is 0 Å². The number of rotatable bonds is 3. The Kier molecular flexibility index (Phi) is 2.70. The van der Waals surface area contributed by atoms with Crippen LogP contribution in [0.25, 0.3) is 0 Å². The van der Waals surface area contributed by atoms with E-state index < -0.39 is 5.60 Å². The van der Waals surface area contributed by atoms with Gasteiger partial charge >= 0.3 is 0 Å². The van der Waals surface area contributed by atoms with E-state index in [-0.39, 0.29) is 0 Å². The third-order valence-corrected chi connectivity index (χ3v) is 5.94. The molecule has 0 amide bonds. The third-order valence-electron chi connectivity index (χ3n) is 5.94. The Morgan fingerprint density at radius 1 is 1.12 bits per heavy atom. The standard InChI is InChI=1S/C15H28O/c1-6-13(2,3)15-9-11(14(4,5)16)7-8-12(15)10-15/h11-12,16H,6-10H2,1-5H3. The molecule has 2 aliphatic carbocycles. The van der Waals surface area contributed by atoms with Crippen LogP contribution in [0.5, 0.6) is 0 Å². The highest BCUT2D eigenvalue weighted by molar-refractivity contribution is 5.13. The van der Waals surface area contributed by atoms with Crippen LogP contribution in [0, 0.1) is 22.7 Å². The van der Waals surface area contributed by atoms with Crippen molar-refractivity contribution in [1.29, 1.82) is 0 Å². The number of fused-ring (bicyclic) bond motifs is 1. The van der Waals surface area contributed by atoms with Gasteiger partial charge in [0, 0.05) is 0 Å². The van der Waals surface area contributed by atoms with E-state index in [0.29, 0.717) is 16.7 Å². The molecule has 94 valence electrons. The van der Waals surface area contributed by atoms with E-state index in [4.69, 9.17) is 0 Å². The Labute approximate surface area is 101 Å². The predicted molar refractivity (Wildman–Crippen MR) is 68.3 cm³/mol. The molecule has 0 spiro atoms. The topological polar surface area (TPSA) is 20.2 Å². The summed E-state index contributed by atoms with van der Waals surface area (Å²) in [6, 6.07) is 0. The molecule has 1 N–H and O–H groups in total. The molecule has 2 saturated carbocycles. The van der Waals surface area contributed by atoms with E-state index in [2.05, 4.69) is 20.8 Å². The van der Waals surface area contributed by atoms with E-state index in [1.807, 2.05) is 13.8 Å². The summed E-state index contributed by atoms with van der Waals surface area (Å²) in [4.78, 5) is 0. The highest BCUT2D eigenvalue weighted by atomic mass is 16.3. The lowest BCUT2D eigenvalue weighted by molar-refractivity contribution is -0.0315. The molecule has 0 saturated heterocycles. The summed E-state index contributed by atoms with van der Waals surface area (Å²) in [5, 5.41) is 10.2. The predicted octanol–water partition coefficient (Wildman–Crippen LogP) is 4.00. The summed E-state index contributed by atoms with van der Waals surface area (Å²) in [6.45, 7) is 11.2. The van der Waals surface area contributed by atoms with Gasteiger partial charge in [-0.3, -0.25) is 0 Å². The van der Waals surface area contributed by atoms with E-state index in [1.54, 1.807) is 0 Å². The second kappa shape index (κ2) is 3.48. The van der Waals surface area contributed by atoms with Crippen LogP contribution >= 0.6 is 0 Å². The molecule has 2 rings (SSSR count). The van der Waals surface area contributed by atoms with Crippen molar-refractivity contribution in [2.45, 2.75) is 72.3 Å². The lowest BCUT2D eigenvalue weighted by atomic mass is 9.63. The van der Waals surface area contributed by atoms with Crippen molar-refractivity contribution in [3.63, 3.8) is 0 Å². The van der Waals surface area contributed by atoms with Gasteiger partial charge in [-0.05, 0) is 62.2 Å². The average Bonchev–Trinajstić information content (AvgIpc) is 2.91. The number of hydrogen-bond donors (Lipinski definition) is 1. The smallest absolute Gasteiger partial charge is 0.0620 e. The minimum atomic E-state index is -0.482. The average molecular weight is 224 g/mol. The van der Waals surface area contributed by atoms with Crippen LogP contribution in [-0.2, 0) is 0 Å². The summed E-state index contributed by atoms with van der Waals surface area (Å²) in [5.74, 6) is 1.47. The summed E-state index contributed by atoms with van der Waals surface area (Å²) in [6.07, 6.45) is 6.51. The molecule has 0 aromatic rings. The van der Waals surface area contributed by atoms with Gasteiger partial charge in [0.05, 0.1) is 5.60 Å². The fraction of sp³-hybridized carbons (Fsp3) is 1.00. The van der Waals surface area contributed by atoms with E-state index >= 15 is 0 Å². The van der Waals surface area contributed by atoms with Gasteiger partial charge in [-0.2, -0.15) is 0 Å². The first-order chi connectivity index (χ1) is 7.23. The van der Waals surface area contributed by atoms with Crippen LogP contribution in [-0.4, -0.2) is 10.7 Å². The van der Waals surface area contributed by atoms with E-state index in [9.17, 15) is 5.11 Å². The fourth-order valence-electron chi connectivity index (χ4n) is 4.01. The molecular formula is C15H28O. The molecule has 16 heavy (non-hydrogen) atoms. The number of hydrogen-bond acceptors (Lipinski definition) is 1. The summed E-state index contributed by atoms with van der Waals surface area (Å²) in [5.41, 5.74) is 0.538. The molecule has 0 aromatic carbocycles. The molecule has 0 aromatic heterocycles. The first-order valence-corrected chi connectivity index (χ1v) is 6.95. The van der Waals surface area contributed by atoms with Gasteiger partial charge in [0.25, 0.3) is 0 Å². The third kappa shape index (κ3) is 1.72. The molecule has 2 fully saturated rings. The second-order valence-corrected chi connectivity index (χ2v) is 7.43. The second-order valence-electron chi connectivity index (χ2n) is 7.43. The highest BCUT2D eigenvalue weighted by Crippen LogP contribution is 2.72. The van der Waals surface area contributed by atoms with E-state index in [0.717, 1.165) is 5.92 Å². The molecule has 0 aliphatic heterocycles. The zero-order valence-corrected chi connectivity index (χ0v) is 11.6. The summed E-state index contributed by atoms with van der Waals surface area (Å²) < 4.78 is 0. The van der Waals surface area contributed by atoms with Gasteiger partial charge in [0.1, 0.15) is 0 Å². The molecule has 0 radical (unpaired) electrons. The molecule has 3 unspecified atom stereocenters. The van der Waals surface area contributed by atoms with Crippen LogP contribution in [0.15, 0.2) is 0 Å². The molecule has 1 heteroatoms. The quantitative estimate of drug-likeness (QED) is 0.768. The lowest BCUT2D eigenvalue weighted by Crippen LogP contribution is -2.39. The maximum Gasteiger partial charge on any atom is 0.0620 e. The molecular weight excluding hydrogens is 196 g/mol. The van der Waals surface area contributed by atoms with Crippen LogP contribution in [0.4, 0.5) is 0 Å². The van der Waals surface area contributed by atoms with Gasteiger partial charge in [-0.25, -0.2) is 0 Å². The molecule has 1 nitrogen and oxygen atoms in total. The minimum absolute atomic E-state index is 0.460. The monoisotopic (exact) mass is 224 g/mol. The van der Waals surface area contributed by atoms with Gasteiger partial charge < -0.3 is 5.11 Å². The van der Waals surface area contributed by atoms with Crippen molar-refractivity contribution < 1.29 is 5.11 Å². The normalized spacial score (nSPS) is 39.4. The van der Waals surface area contributed by atoms with Gasteiger partial charge in [-0.15, -0.1) is 0 Å². The largest absolute Gasteiger partial charge is 0.390 e. The zero-order chi connectivity index (χ0) is 12.2. The summed E-state index contributed by atoms with van der Waals surface area (Å²) in [7, 11) is 0. The Bertz CT molecular complexity index is 274. The van der Waals surface area contributed by atoms with Crippen molar-refractivity contribution in [3.05, 3.63) is 0 Å². The Morgan fingerprint density at radius 3 is 2.25 bits per heavy atom. The Hall–Kier alpha value is -0.0400. The van der Waals surface area contributed by atoms with Crippen molar-refractivity contribution in [2.24, 2.45) is 22.7 Å². The van der Waals surface area contributed by atoms with Crippen molar-refractivity contribution >= 4 is 0 Å². The summed E-state index contributed by atoms with van der Waals surface area (Å²) >= 11 is 0. The maximum absolute atomic E-state index is 10.2. The first kappa shape index (κ1) is 12.4. The Balaban J connectivity index is 2.15. The van der Waals surface area contributed by atoms with Crippen LogP contribution in [0.2, 0.25) is 0 Å². The van der Waals surface area contributed by atoms with Gasteiger partial charge in [0.2, 0.25) is 0 Å². The number of aliphatic hydroxyl groups is 1. The fourth-order valence-corrected chi connectivity index (χ4v) is 4.01. The van der Waals surface area contributed by atoms with Crippen LogP contribution in [0.1, 0.15) is 66.7 Å². The van der Waals surface area contributed by atoms with Crippen LogP contribution < -0.4 is 0 Å². The van der Waals surface area contributed by atoms with Gasteiger partial charge in [-0.1, -0.05) is 27.2 Å². The van der Waals surface area contributed by atoms with Crippen LogP contribution in [0.3, 0.4) is 0 Å². The molecule has 0 bridgehead atoms. The van der Waals surface area contributed by atoms with E-state index in [1.165, 1.54) is 32.1 Å². The lowest BCUT2D eigenvalue weighted by Gasteiger charge is -2.44. The maximum atomic E-state index is 10.2. The molecule has 3 atom stereocenters. The first-order valence-electron chi connectivity index (χ1n) is 6.95. The SMILES string of the molecule is CCC(C)(C)C12CC(C(C)(C)O)CCC1C2. The minimum Gasteiger partial charge on any atom is -0.390 e. The molecule has 2 aliphatic rings.